The maximum atomic E-state index is 12.9. The Balaban J connectivity index is 2.14. The summed E-state index contributed by atoms with van der Waals surface area (Å²) in [5.41, 5.74) is 0.680. The van der Waals surface area contributed by atoms with E-state index < -0.39 is 6.10 Å². The molecule has 92 valence electrons. The summed E-state index contributed by atoms with van der Waals surface area (Å²) in [5, 5.41) is 0. The first kappa shape index (κ1) is 11.9. The molecular weight excluding hydrogens is 223 g/mol. The van der Waals surface area contributed by atoms with Crippen LogP contribution in [0.5, 0.6) is 5.75 Å². The lowest BCUT2D eigenvalue weighted by molar-refractivity contribution is -0.149. The zero-order chi connectivity index (χ0) is 12.4. The molecule has 1 atom stereocenters. The monoisotopic (exact) mass is 238 g/mol. The third-order valence-corrected chi connectivity index (χ3v) is 2.87. The van der Waals surface area contributed by atoms with Crippen LogP contribution in [0, 0.1) is 18.7 Å². The predicted molar refractivity (Wildman–Crippen MR) is 60.3 cm³/mol. The third kappa shape index (κ3) is 2.75. The van der Waals surface area contributed by atoms with Crippen LogP contribution in [0.15, 0.2) is 18.2 Å². The molecule has 1 unspecified atom stereocenters. The van der Waals surface area contributed by atoms with Crippen LogP contribution in [0.4, 0.5) is 4.39 Å². The minimum absolute atomic E-state index is 0.229. The quantitative estimate of drug-likeness (QED) is 0.756. The summed E-state index contributed by atoms with van der Waals surface area (Å²) in [6.07, 6.45) is 1.38. The zero-order valence-electron chi connectivity index (χ0n) is 9.90. The van der Waals surface area contributed by atoms with Gasteiger partial charge < -0.3 is 9.47 Å². The van der Waals surface area contributed by atoms with Gasteiger partial charge >= 0.3 is 5.97 Å². The van der Waals surface area contributed by atoms with Crippen LogP contribution in [0.2, 0.25) is 0 Å². The molecular formula is C13H15FO3. The molecule has 1 aromatic rings. The minimum atomic E-state index is -0.566. The number of hydrogen-bond donors (Lipinski definition) is 0. The molecule has 0 bridgehead atoms. The van der Waals surface area contributed by atoms with Crippen LogP contribution < -0.4 is 4.74 Å². The number of methoxy groups -OCH3 is 1. The Hall–Kier alpha value is -1.58. The van der Waals surface area contributed by atoms with Crippen LogP contribution in [-0.2, 0) is 9.53 Å². The smallest absolute Gasteiger partial charge is 0.347 e. The number of carbonyl (C=O) groups excluding carboxylic acids is 1. The Bertz CT molecular complexity index is 427. The first-order chi connectivity index (χ1) is 8.11. The van der Waals surface area contributed by atoms with Crippen molar-refractivity contribution in [3.8, 4) is 5.75 Å². The van der Waals surface area contributed by atoms with Crippen LogP contribution in [0.1, 0.15) is 18.4 Å². The van der Waals surface area contributed by atoms with Gasteiger partial charge in [-0.3, -0.25) is 0 Å². The van der Waals surface area contributed by atoms with E-state index in [1.54, 1.807) is 13.0 Å². The Morgan fingerprint density at radius 2 is 2.18 bits per heavy atom. The fourth-order valence-electron chi connectivity index (χ4n) is 1.73. The van der Waals surface area contributed by atoms with Crippen LogP contribution in [-0.4, -0.2) is 19.2 Å². The molecule has 0 aliphatic heterocycles. The molecule has 0 aromatic heterocycles. The Labute approximate surface area is 99.5 Å². The molecule has 1 saturated carbocycles. The molecule has 2 rings (SSSR count). The molecule has 3 nitrogen and oxygen atoms in total. The molecule has 0 amide bonds. The van der Waals surface area contributed by atoms with Gasteiger partial charge in [-0.15, -0.1) is 0 Å². The minimum Gasteiger partial charge on any atom is -0.478 e. The summed E-state index contributed by atoms with van der Waals surface area (Å²) in [4.78, 5) is 11.6. The number of ether oxygens (including phenoxy) is 2. The van der Waals surface area contributed by atoms with E-state index in [2.05, 4.69) is 0 Å². The maximum Gasteiger partial charge on any atom is 0.347 e. The predicted octanol–water partition coefficient (Wildman–Crippen LogP) is 2.46. The van der Waals surface area contributed by atoms with Crippen LogP contribution >= 0.6 is 0 Å². The number of aryl methyl sites for hydroxylation is 1. The van der Waals surface area contributed by atoms with Gasteiger partial charge in [-0.1, -0.05) is 0 Å². The van der Waals surface area contributed by atoms with Crippen molar-refractivity contribution in [2.75, 3.05) is 7.11 Å². The van der Waals surface area contributed by atoms with Crippen LogP contribution in [0.3, 0.4) is 0 Å². The summed E-state index contributed by atoms with van der Waals surface area (Å²) < 4.78 is 23.3. The summed E-state index contributed by atoms with van der Waals surface area (Å²) in [6, 6.07) is 4.25. The van der Waals surface area contributed by atoms with E-state index in [4.69, 9.17) is 9.47 Å². The highest BCUT2D eigenvalue weighted by Gasteiger charge is 2.39. The molecule has 4 heteroatoms. The second-order valence-electron chi connectivity index (χ2n) is 4.31. The molecule has 17 heavy (non-hydrogen) atoms. The highest BCUT2D eigenvalue weighted by molar-refractivity contribution is 5.75. The number of rotatable bonds is 4. The first-order valence-corrected chi connectivity index (χ1v) is 5.62. The fourth-order valence-corrected chi connectivity index (χ4v) is 1.73. The van der Waals surface area contributed by atoms with Crippen molar-refractivity contribution < 1.29 is 18.7 Å². The summed E-state index contributed by atoms with van der Waals surface area (Å²) in [7, 11) is 1.35. The van der Waals surface area contributed by atoms with Gasteiger partial charge in [0.25, 0.3) is 0 Å². The van der Waals surface area contributed by atoms with E-state index >= 15 is 0 Å². The number of hydrogen-bond acceptors (Lipinski definition) is 3. The first-order valence-electron chi connectivity index (χ1n) is 5.62. The molecule has 1 aliphatic carbocycles. The normalized spacial score (nSPS) is 16.4. The van der Waals surface area contributed by atoms with E-state index in [1.165, 1.54) is 19.2 Å². The van der Waals surface area contributed by atoms with E-state index in [1.807, 2.05) is 0 Å². The molecule has 1 fully saturated rings. The van der Waals surface area contributed by atoms with E-state index in [0.29, 0.717) is 11.3 Å². The zero-order valence-corrected chi connectivity index (χ0v) is 9.90. The van der Waals surface area contributed by atoms with Gasteiger partial charge in [0, 0.05) is 5.92 Å². The third-order valence-electron chi connectivity index (χ3n) is 2.87. The molecule has 0 saturated heterocycles. The van der Waals surface area contributed by atoms with Gasteiger partial charge in [0.2, 0.25) is 0 Å². The van der Waals surface area contributed by atoms with Crippen molar-refractivity contribution in [3.05, 3.63) is 29.6 Å². The van der Waals surface area contributed by atoms with E-state index in [-0.39, 0.29) is 17.7 Å². The lowest BCUT2D eigenvalue weighted by Gasteiger charge is -2.17. The maximum absolute atomic E-state index is 12.9. The van der Waals surface area contributed by atoms with Crippen molar-refractivity contribution in [1.29, 1.82) is 0 Å². The number of carbonyl (C=O) groups is 1. The molecule has 0 radical (unpaired) electrons. The Kier molecular flexibility index (Phi) is 3.31. The second kappa shape index (κ2) is 4.73. The Morgan fingerprint density at radius 3 is 2.71 bits per heavy atom. The average molecular weight is 238 g/mol. The summed E-state index contributed by atoms with van der Waals surface area (Å²) in [6.45, 7) is 1.75. The molecule has 0 heterocycles. The summed E-state index contributed by atoms with van der Waals surface area (Å²) in [5.74, 6) is 0.0905. The highest BCUT2D eigenvalue weighted by Crippen LogP contribution is 2.36. The van der Waals surface area contributed by atoms with Gasteiger partial charge in [-0.25, -0.2) is 9.18 Å². The van der Waals surface area contributed by atoms with Gasteiger partial charge in [0.15, 0.2) is 6.10 Å². The highest BCUT2D eigenvalue weighted by atomic mass is 19.1. The van der Waals surface area contributed by atoms with Crippen molar-refractivity contribution >= 4 is 5.97 Å². The second-order valence-corrected chi connectivity index (χ2v) is 4.31. The standard InChI is InChI=1S/C13H15FO3/c1-8-7-10(14)5-6-11(8)17-12(9-3-4-9)13(15)16-2/h5-7,9,12H,3-4H2,1-2H3. The lowest BCUT2D eigenvalue weighted by Crippen LogP contribution is -2.30. The molecule has 1 aromatic carbocycles. The van der Waals surface area contributed by atoms with Gasteiger partial charge in [0.1, 0.15) is 11.6 Å². The SMILES string of the molecule is COC(=O)C(Oc1ccc(F)cc1C)C1CC1. The van der Waals surface area contributed by atoms with Crippen molar-refractivity contribution in [1.82, 2.24) is 0 Å². The topological polar surface area (TPSA) is 35.5 Å². The number of halogens is 1. The molecule has 1 aliphatic rings. The van der Waals surface area contributed by atoms with E-state index in [9.17, 15) is 9.18 Å². The largest absolute Gasteiger partial charge is 0.478 e. The Morgan fingerprint density at radius 1 is 1.47 bits per heavy atom. The lowest BCUT2D eigenvalue weighted by atomic mass is 10.2. The summed E-state index contributed by atoms with van der Waals surface area (Å²) >= 11 is 0. The fraction of sp³-hybridized carbons (Fsp3) is 0.462. The van der Waals surface area contributed by atoms with Crippen molar-refractivity contribution in [2.45, 2.75) is 25.9 Å². The van der Waals surface area contributed by atoms with Crippen LogP contribution in [0.25, 0.3) is 0 Å². The van der Waals surface area contributed by atoms with Crippen molar-refractivity contribution in [2.24, 2.45) is 5.92 Å². The number of esters is 1. The van der Waals surface area contributed by atoms with Gasteiger partial charge in [-0.2, -0.15) is 0 Å². The van der Waals surface area contributed by atoms with E-state index in [0.717, 1.165) is 12.8 Å². The van der Waals surface area contributed by atoms with Gasteiger partial charge in [0.05, 0.1) is 7.11 Å². The van der Waals surface area contributed by atoms with Crippen molar-refractivity contribution in [3.63, 3.8) is 0 Å². The average Bonchev–Trinajstić information content (AvgIpc) is 3.11. The molecule has 0 N–H and O–H groups in total. The van der Waals surface area contributed by atoms with Gasteiger partial charge in [-0.05, 0) is 43.5 Å². The molecule has 0 spiro atoms. The number of benzene rings is 1.